The van der Waals surface area contributed by atoms with Gasteiger partial charge in [0.1, 0.15) is 6.08 Å². The molecule has 0 unspecified atom stereocenters. The summed E-state index contributed by atoms with van der Waals surface area (Å²) in [6, 6.07) is 31.0. The van der Waals surface area contributed by atoms with Crippen molar-refractivity contribution in [2.45, 2.75) is 19.4 Å². The number of ether oxygens (including phenoxy) is 1. The zero-order valence-electron chi connectivity index (χ0n) is 24.1. The average Bonchev–Trinajstić information content (AvgIpc) is 3.54. The van der Waals surface area contributed by atoms with E-state index in [-0.39, 0.29) is 18.7 Å². The Hall–Kier alpha value is -4.49. The summed E-state index contributed by atoms with van der Waals surface area (Å²) in [6.45, 7) is 0.290. The Morgan fingerprint density at radius 2 is 1.33 bits per heavy atom. The first-order valence-electron chi connectivity index (χ1n) is 14.3. The molecule has 0 saturated heterocycles. The number of anilines is 1. The van der Waals surface area contributed by atoms with Gasteiger partial charge >= 0.3 is 5.89 Å². The predicted octanol–water partition coefficient (Wildman–Crippen LogP) is 5.81. The Kier molecular flexibility index (Phi) is 8.47. The fourth-order valence-corrected chi connectivity index (χ4v) is 6.35. The molecule has 0 bridgehead atoms. The number of benzene rings is 4. The summed E-state index contributed by atoms with van der Waals surface area (Å²) >= 11 is 0. The lowest BCUT2D eigenvalue weighted by Gasteiger charge is -2.17. The lowest BCUT2D eigenvalue weighted by atomic mass is 10.0. The van der Waals surface area contributed by atoms with E-state index in [9.17, 15) is 25.9 Å². The van der Waals surface area contributed by atoms with E-state index in [0.29, 0.717) is 41.8 Å². The quantitative estimate of drug-likeness (QED) is 0.103. The zero-order valence-corrected chi connectivity index (χ0v) is 25.7. The maximum Gasteiger partial charge on any atom is 0.379 e. The minimum atomic E-state index is -4.28. The molecular formula is C33H31N2O8S2+. The van der Waals surface area contributed by atoms with E-state index >= 15 is 0 Å². The lowest BCUT2D eigenvalue weighted by Crippen LogP contribution is -2.36. The van der Waals surface area contributed by atoms with Crippen LogP contribution in [-0.2, 0) is 26.8 Å². The van der Waals surface area contributed by atoms with Crippen molar-refractivity contribution < 1.29 is 39.7 Å². The van der Waals surface area contributed by atoms with E-state index in [0.717, 1.165) is 27.8 Å². The van der Waals surface area contributed by atoms with E-state index in [1.807, 2.05) is 102 Å². The number of oxazole rings is 1. The van der Waals surface area contributed by atoms with Gasteiger partial charge < -0.3 is 14.1 Å². The van der Waals surface area contributed by atoms with Crippen LogP contribution in [0, 0.1) is 0 Å². The van der Waals surface area contributed by atoms with Gasteiger partial charge in [0, 0.05) is 19.0 Å². The highest BCUT2D eigenvalue weighted by molar-refractivity contribution is 7.86. The van der Waals surface area contributed by atoms with Crippen molar-refractivity contribution >= 4 is 43.1 Å². The molecule has 0 aliphatic carbocycles. The van der Waals surface area contributed by atoms with Crippen molar-refractivity contribution in [1.29, 1.82) is 0 Å². The van der Waals surface area contributed by atoms with Gasteiger partial charge in [-0.15, -0.1) is 0 Å². The fourth-order valence-electron chi connectivity index (χ4n) is 5.37. The summed E-state index contributed by atoms with van der Waals surface area (Å²) < 4.78 is 79.4. The summed E-state index contributed by atoms with van der Waals surface area (Å²) in [7, 11) is -8.38. The fraction of sp³-hybridized carbons (Fsp3) is 0.182. The summed E-state index contributed by atoms with van der Waals surface area (Å²) in [5, 5.41) is 0. The minimum Gasteiger partial charge on any atom is -0.438 e. The standard InChI is InChI=1S/C33H30N2O8S2/c36-44(37,38)19-8-7-17-34-28-21-26(24-9-3-1-4-10-24)13-15-30(28)42-32(34)23-33-35(18-20-45(39,40)41)29-22-27(14-16-31(29)43-33)25-11-5-2-6-12-25/h1-6,9-16,21-23H,7-8,17-20H2,(H-,36,37,38,39,40,41)/p+1. The third-order valence-corrected chi connectivity index (χ3v) is 9.03. The summed E-state index contributed by atoms with van der Waals surface area (Å²) in [4.78, 5) is 1.68. The van der Waals surface area contributed by atoms with Gasteiger partial charge in [-0.25, -0.2) is 0 Å². The molecule has 0 radical (unpaired) electrons. The molecule has 0 saturated carbocycles. The van der Waals surface area contributed by atoms with Crippen molar-refractivity contribution in [1.82, 2.24) is 0 Å². The SMILES string of the molecule is O=S(=O)(O)CCCC[n+]1c(C=C2Oc3ccc(-c4ccccc4)cc3N2CCS(=O)(=O)O)oc2ccc(-c3ccccc3)cc21. The first-order valence-corrected chi connectivity index (χ1v) is 17.5. The van der Waals surface area contributed by atoms with Gasteiger partial charge in [-0.3, -0.25) is 9.11 Å². The molecule has 10 nitrogen and oxygen atoms in total. The molecule has 2 N–H and O–H groups in total. The topological polar surface area (TPSA) is 138 Å². The highest BCUT2D eigenvalue weighted by Crippen LogP contribution is 2.42. The minimum absolute atomic E-state index is 0.0807. The van der Waals surface area contributed by atoms with Crippen molar-refractivity contribution in [2.24, 2.45) is 0 Å². The van der Waals surface area contributed by atoms with Gasteiger partial charge in [0.2, 0.25) is 11.5 Å². The molecule has 1 aliphatic rings. The van der Waals surface area contributed by atoms with Gasteiger partial charge in [0.25, 0.3) is 25.8 Å². The smallest absolute Gasteiger partial charge is 0.379 e. The van der Waals surface area contributed by atoms with Gasteiger partial charge in [-0.1, -0.05) is 72.8 Å². The third kappa shape index (κ3) is 7.26. The van der Waals surface area contributed by atoms with E-state index < -0.39 is 26.0 Å². The molecule has 4 aromatic carbocycles. The van der Waals surface area contributed by atoms with Crippen LogP contribution in [0.2, 0.25) is 0 Å². The zero-order chi connectivity index (χ0) is 31.6. The van der Waals surface area contributed by atoms with Crippen molar-refractivity contribution in [3.05, 3.63) is 109 Å². The first kappa shape index (κ1) is 30.5. The summed E-state index contributed by atoms with van der Waals surface area (Å²) in [5.74, 6) is 0.316. The number of nitrogens with zero attached hydrogens (tertiary/aromatic N) is 2. The predicted molar refractivity (Wildman–Crippen MR) is 172 cm³/mol. The van der Waals surface area contributed by atoms with Crippen LogP contribution in [0.15, 0.2) is 107 Å². The number of hydrogen-bond donors (Lipinski definition) is 2. The van der Waals surface area contributed by atoms with Gasteiger partial charge in [-0.05, 0) is 46.9 Å². The van der Waals surface area contributed by atoms with Gasteiger partial charge in [0.05, 0.1) is 17.2 Å². The Balaban J connectivity index is 1.42. The van der Waals surface area contributed by atoms with Crippen LogP contribution in [0.5, 0.6) is 5.75 Å². The highest BCUT2D eigenvalue weighted by Gasteiger charge is 2.31. The van der Waals surface area contributed by atoms with E-state index in [1.165, 1.54) is 0 Å². The van der Waals surface area contributed by atoms with Gasteiger partial charge in [-0.2, -0.15) is 21.4 Å². The summed E-state index contributed by atoms with van der Waals surface area (Å²) in [5.41, 5.74) is 5.84. The normalized spacial score (nSPS) is 14.2. The Morgan fingerprint density at radius 3 is 1.98 bits per heavy atom. The maximum atomic E-state index is 11.8. The summed E-state index contributed by atoms with van der Waals surface area (Å²) in [6.07, 6.45) is 2.33. The number of unbranched alkanes of at least 4 members (excludes halogenated alkanes) is 1. The van der Waals surface area contributed by atoms with Crippen molar-refractivity contribution in [3.8, 4) is 28.0 Å². The number of fused-ring (bicyclic) bond motifs is 2. The van der Waals surface area contributed by atoms with E-state index in [2.05, 4.69) is 0 Å². The molecule has 1 aliphatic heterocycles. The Labute approximate surface area is 261 Å². The second-order valence-electron chi connectivity index (χ2n) is 10.7. The maximum absolute atomic E-state index is 11.8. The molecule has 232 valence electrons. The molecule has 0 fully saturated rings. The van der Waals surface area contributed by atoms with Crippen molar-refractivity contribution in [3.63, 3.8) is 0 Å². The Bertz CT molecular complexity index is 2090. The molecule has 0 amide bonds. The Morgan fingerprint density at radius 1 is 0.711 bits per heavy atom. The molecule has 45 heavy (non-hydrogen) atoms. The lowest BCUT2D eigenvalue weighted by molar-refractivity contribution is -0.678. The average molecular weight is 648 g/mol. The van der Waals surface area contributed by atoms with Crippen LogP contribution in [0.1, 0.15) is 18.7 Å². The largest absolute Gasteiger partial charge is 0.438 e. The van der Waals surface area contributed by atoms with Crippen LogP contribution >= 0.6 is 0 Å². The molecule has 12 heteroatoms. The highest BCUT2D eigenvalue weighted by atomic mass is 32.2. The monoisotopic (exact) mass is 647 g/mol. The second kappa shape index (κ2) is 12.5. The number of rotatable bonds is 11. The van der Waals surface area contributed by atoms with Crippen molar-refractivity contribution in [2.75, 3.05) is 23.0 Å². The third-order valence-electron chi connectivity index (χ3n) is 7.53. The van der Waals surface area contributed by atoms with Gasteiger partial charge in [0.15, 0.2) is 12.3 Å². The number of aryl methyl sites for hydroxylation is 1. The molecule has 1 aromatic heterocycles. The van der Waals surface area contributed by atoms with Crippen LogP contribution in [-0.4, -0.2) is 44.0 Å². The van der Waals surface area contributed by atoms with Crippen LogP contribution in [0.4, 0.5) is 5.69 Å². The molecule has 2 heterocycles. The second-order valence-corrected chi connectivity index (χ2v) is 13.8. The molecule has 0 spiro atoms. The van der Waals surface area contributed by atoms with E-state index in [4.69, 9.17) is 9.15 Å². The van der Waals surface area contributed by atoms with Crippen LogP contribution < -0.4 is 14.2 Å². The first-order chi connectivity index (χ1) is 21.5. The van der Waals surface area contributed by atoms with E-state index in [1.54, 1.807) is 11.0 Å². The van der Waals surface area contributed by atoms with Crippen LogP contribution in [0.25, 0.3) is 39.4 Å². The van der Waals surface area contributed by atoms with Crippen LogP contribution in [0.3, 0.4) is 0 Å². The molecule has 6 rings (SSSR count). The number of hydrogen-bond acceptors (Lipinski definition) is 7. The molecule has 0 atom stereocenters. The molecule has 5 aromatic rings. The molecular weight excluding hydrogens is 617 g/mol. The number of aromatic nitrogens is 1.